The summed E-state index contributed by atoms with van der Waals surface area (Å²) in [6, 6.07) is 23.1. The molecule has 0 unspecified atom stereocenters. The van der Waals surface area contributed by atoms with E-state index in [1.807, 2.05) is 65.6 Å². The number of rotatable bonds is 8. The summed E-state index contributed by atoms with van der Waals surface area (Å²) in [7, 11) is 0. The number of benzene rings is 2. The normalized spacial score (nSPS) is 13.0. The quantitative estimate of drug-likeness (QED) is 0.585. The van der Waals surface area contributed by atoms with E-state index in [0.29, 0.717) is 30.0 Å². The van der Waals surface area contributed by atoms with E-state index in [1.165, 1.54) is 0 Å². The zero-order valence-corrected chi connectivity index (χ0v) is 15.5. The van der Waals surface area contributed by atoms with Crippen LogP contribution in [0, 0.1) is 0 Å². The van der Waals surface area contributed by atoms with E-state index < -0.39 is 0 Å². The molecule has 28 heavy (non-hydrogen) atoms. The first-order chi connectivity index (χ1) is 13.8. The molecule has 1 aromatic heterocycles. The minimum absolute atomic E-state index is 0.00222. The summed E-state index contributed by atoms with van der Waals surface area (Å²) >= 11 is 0. The van der Waals surface area contributed by atoms with E-state index in [4.69, 9.17) is 9.47 Å². The molecule has 0 spiro atoms. The molecule has 1 aliphatic carbocycles. The largest absolute Gasteiger partial charge is 0.484 e. The Kier molecular flexibility index (Phi) is 5.52. The fourth-order valence-electron chi connectivity index (χ4n) is 2.97. The lowest BCUT2D eigenvalue weighted by Gasteiger charge is -2.22. The maximum Gasteiger partial charge on any atom is 0.261 e. The summed E-state index contributed by atoms with van der Waals surface area (Å²) in [5.41, 5.74) is 1.13. The first-order valence-electron chi connectivity index (χ1n) is 9.43. The van der Waals surface area contributed by atoms with E-state index in [1.54, 1.807) is 18.3 Å². The maximum absolute atomic E-state index is 12.7. The first-order valence-corrected chi connectivity index (χ1v) is 9.43. The van der Waals surface area contributed by atoms with E-state index in [0.717, 1.165) is 18.4 Å². The van der Waals surface area contributed by atoms with E-state index >= 15 is 0 Å². The Labute approximate surface area is 164 Å². The number of aromatic nitrogens is 1. The molecule has 0 aliphatic heterocycles. The molecule has 5 nitrogen and oxygen atoms in total. The van der Waals surface area contributed by atoms with Crippen LogP contribution < -0.4 is 9.47 Å². The Morgan fingerprint density at radius 2 is 1.75 bits per heavy atom. The number of amides is 1. The number of hydrogen-bond donors (Lipinski definition) is 0. The van der Waals surface area contributed by atoms with Crippen molar-refractivity contribution >= 4 is 5.91 Å². The third-order valence-corrected chi connectivity index (χ3v) is 4.53. The van der Waals surface area contributed by atoms with E-state index in [-0.39, 0.29) is 12.5 Å². The lowest BCUT2D eigenvalue weighted by molar-refractivity contribution is -0.134. The van der Waals surface area contributed by atoms with E-state index in [2.05, 4.69) is 4.98 Å². The lowest BCUT2D eigenvalue weighted by atomic mass is 10.2. The Balaban J connectivity index is 1.36. The summed E-state index contributed by atoms with van der Waals surface area (Å²) in [6.45, 7) is 0.632. The first kappa shape index (κ1) is 18.0. The molecular weight excluding hydrogens is 352 g/mol. The molecule has 0 radical (unpaired) electrons. The molecule has 1 amide bonds. The van der Waals surface area contributed by atoms with Crippen molar-refractivity contribution < 1.29 is 14.3 Å². The molecule has 4 rings (SSSR count). The van der Waals surface area contributed by atoms with Crippen LogP contribution in [0.2, 0.25) is 0 Å². The number of carbonyl (C=O) groups excluding carboxylic acids is 1. The number of hydrogen-bond acceptors (Lipinski definition) is 4. The summed E-state index contributed by atoms with van der Waals surface area (Å²) in [5.74, 6) is 1.73. The van der Waals surface area contributed by atoms with Crippen molar-refractivity contribution in [3.63, 3.8) is 0 Å². The van der Waals surface area contributed by atoms with Crippen LogP contribution in [-0.2, 0) is 11.3 Å². The molecule has 5 heteroatoms. The fourth-order valence-corrected chi connectivity index (χ4v) is 2.97. The molecule has 2 aromatic carbocycles. The number of ether oxygens (including phenoxy) is 2. The van der Waals surface area contributed by atoms with Crippen molar-refractivity contribution in [2.75, 3.05) is 6.61 Å². The maximum atomic E-state index is 12.7. The zero-order valence-electron chi connectivity index (χ0n) is 15.5. The Morgan fingerprint density at radius 3 is 2.50 bits per heavy atom. The Bertz CT molecular complexity index is 911. The van der Waals surface area contributed by atoms with Crippen LogP contribution in [0.1, 0.15) is 18.4 Å². The van der Waals surface area contributed by atoms with Crippen LogP contribution in [0.25, 0.3) is 0 Å². The third-order valence-electron chi connectivity index (χ3n) is 4.53. The summed E-state index contributed by atoms with van der Waals surface area (Å²) in [4.78, 5) is 18.8. The molecule has 0 N–H and O–H groups in total. The summed E-state index contributed by atoms with van der Waals surface area (Å²) in [6.07, 6.45) is 3.80. The molecule has 142 valence electrons. The Hall–Kier alpha value is -3.34. The number of nitrogens with zero attached hydrogens (tertiary/aromatic N) is 2. The van der Waals surface area contributed by atoms with Gasteiger partial charge in [-0.2, -0.15) is 0 Å². The highest BCUT2D eigenvalue weighted by atomic mass is 16.5. The van der Waals surface area contributed by atoms with Gasteiger partial charge in [-0.25, -0.2) is 4.98 Å². The molecule has 0 saturated heterocycles. The molecule has 0 atom stereocenters. The molecular formula is C23H22N2O3. The van der Waals surface area contributed by atoms with Crippen LogP contribution in [0.5, 0.6) is 17.4 Å². The van der Waals surface area contributed by atoms with Gasteiger partial charge < -0.3 is 14.4 Å². The van der Waals surface area contributed by atoms with E-state index in [9.17, 15) is 4.79 Å². The average molecular weight is 374 g/mol. The highest BCUT2D eigenvalue weighted by Crippen LogP contribution is 2.29. The van der Waals surface area contributed by atoms with Crippen molar-refractivity contribution in [1.82, 2.24) is 9.88 Å². The summed E-state index contributed by atoms with van der Waals surface area (Å²) < 4.78 is 11.5. The predicted molar refractivity (Wildman–Crippen MR) is 106 cm³/mol. The zero-order chi connectivity index (χ0) is 19.2. The molecule has 3 aromatic rings. The van der Waals surface area contributed by atoms with Gasteiger partial charge in [0.2, 0.25) is 5.88 Å². The minimum atomic E-state index is 0.00222. The highest BCUT2D eigenvalue weighted by molar-refractivity contribution is 5.78. The van der Waals surface area contributed by atoms with Gasteiger partial charge in [-0.1, -0.05) is 42.5 Å². The van der Waals surface area contributed by atoms with Gasteiger partial charge in [0.15, 0.2) is 6.61 Å². The molecule has 1 fully saturated rings. The average Bonchev–Trinajstić information content (AvgIpc) is 3.57. The van der Waals surface area contributed by atoms with Gasteiger partial charge in [0.25, 0.3) is 5.91 Å². The second-order valence-electron chi connectivity index (χ2n) is 6.77. The van der Waals surface area contributed by atoms with Gasteiger partial charge in [0.1, 0.15) is 11.5 Å². The lowest BCUT2D eigenvalue weighted by Crippen LogP contribution is -2.36. The topological polar surface area (TPSA) is 51.7 Å². The van der Waals surface area contributed by atoms with Crippen molar-refractivity contribution in [3.05, 3.63) is 84.6 Å². The van der Waals surface area contributed by atoms with Gasteiger partial charge in [-0.3, -0.25) is 4.79 Å². The second-order valence-corrected chi connectivity index (χ2v) is 6.77. The van der Waals surface area contributed by atoms with Crippen molar-refractivity contribution in [2.24, 2.45) is 0 Å². The molecule has 0 bridgehead atoms. The van der Waals surface area contributed by atoms with Crippen LogP contribution in [0.15, 0.2) is 79.0 Å². The van der Waals surface area contributed by atoms with Gasteiger partial charge in [-0.15, -0.1) is 0 Å². The smallest absolute Gasteiger partial charge is 0.261 e. The predicted octanol–water partition coefficient (Wildman–Crippen LogP) is 4.44. The third kappa shape index (κ3) is 4.88. The molecule has 1 heterocycles. The van der Waals surface area contributed by atoms with Crippen LogP contribution in [-0.4, -0.2) is 28.4 Å². The monoisotopic (exact) mass is 374 g/mol. The van der Waals surface area contributed by atoms with Gasteiger partial charge in [0.05, 0.1) is 0 Å². The number of pyridine rings is 1. The van der Waals surface area contributed by atoms with Gasteiger partial charge in [0, 0.05) is 30.9 Å². The minimum Gasteiger partial charge on any atom is -0.484 e. The number of carbonyl (C=O) groups is 1. The van der Waals surface area contributed by atoms with Crippen molar-refractivity contribution in [3.8, 4) is 17.4 Å². The van der Waals surface area contributed by atoms with Crippen molar-refractivity contribution in [2.45, 2.75) is 25.4 Å². The molecule has 1 saturated carbocycles. The highest BCUT2D eigenvalue weighted by Gasteiger charge is 2.32. The molecule has 1 aliphatic rings. The standard InChI is InChI=1S/C23H22N2O3/c26-23(25(19-12-13-19)16-18-7-2-1-3-8-18)17-27-20-9-6-10-21(15-20)28-22-11-4-5-14-24-22/h1-11,14-15,19H,12-13,16-17H2. The Morgan fingerprint density at radius 1 is 0.964 bits per heavy atom. The van der Waals surface area contributed by atoms with Crippen LogP contribution >= 0.6 is 0 Å². The van der Waals surface area contributed by atoms with Crippen molar-refractivity contribution in [1.29, 1.82) is 0 Å². The fraction of sp³-hybridized carbons (Fsp3) is 0.217. The summed E-state index contributed by atoms with van der Waals surface area (Å²) in [5, 5.41) is 0. The van der Waals surface area contributed by atoms with Crippen LogP contribution in [0.3, 0.4) is 0 Å². The SMILES string of the molecule is O=C(COc1cccc(Oc2ccccn2)c1)N(Cc1ccccc1)C1CC1. The van der Waals surface area contributed by atoms with Gasteiger partial charge >= 0.3 is 0 Å². The van der Waals surface area contributed by atoms with Crippen LogP contribution in [0.4, 0.5) is 0 Å². The second kappa shape index (κ2) is 8.57. The van der Waals surface area contributed by atoms with Gasteiger partial charge in [-0.05, 0) is 36.6 Å².